The van der Waals surface area contributed by atoms with Gasteiger partial charge in [-0.05, 0) is 55.0 Å². The molecule has 5 nitrogen and oxygen atoms in total. The number of ether oxygens (including phenoxy) is 1. The summed E-state index contributed by atoms with van der Waals surface area (Å²) in [6.07, 6.45) is 1.47. The Bertz CT molecular complexity index is 1680. The van der Waals surface area contributed by atoms with Crippen molar-refractivity contribution in [2.45, 2.75) is 37.0 Å². The summed E-state index contributed by atoms with van der Waals surface area (Å²) >= 11 is 1.44. The third-order valence-corrected chi connectivity index (χ3v) is 8.22. The number of carbonyl (C=O) groups is 1. The van der Waals surface area contributed by atoms with Gasteiger partial charge in [-0.15, -0.1) is 0 Å². The van der Waals surface area contributed by atoms with Crippen molar-refractivity contribution < 1.29 is 9.53 Å². The van der Waals surface area contributed by atoms with Gasteiger partial charge in [-0.25, -0.2) is 9.78 Å². The number of rotatable bonds is 6. The van der Waals surface area contributed by atoms with E-state index in [2.05, 4.69) is 12.1 Å². The van der Waals surface area contributed by atoms with E-state index >= 15 is 0 Å². The largest absolute Gasteiger partial charge is 0.462 e. The lowest BCUT2D eigenvalue weighted by atomic mass is 9.84. The molecule has 0 radical (unpaired) electrons. The molecule has 1 aliphatic rings. The van der Waals surface area contributed by atoms with Gasteiger partial charge in [0.1, 0.15) is 22.7 Å². The van der Waals surface area contributed by atoms with Gasteiger partial charge in [0, 0.05) is 16.4 Å². The summed E-state index contributed by atoms with van der Waals surface area (Å²) in [5.74, 6) is -0.630. The summed E-state index contributed by atoms with van der Waals surface area (Å²) in [5.41, 5.74) is 7.63. The minimum Gasteiger partial charge on any atom is -0.462 e. The molecular weight excluding hydrogens is 514 g/mol. The first-order valence-corrected chi connectivity index (χ1v) is 14.1. The first-order valence-electron chi connectivity index (χ1n) is 13.2. The summed E-state index contributed by atoms with van der Waals surface area (Å²) in [5, 5.41) is 20.8. The molecule has 0 fully saturated rings. The summed E-state index contributed by atoms with van der Waals surface area (Å²) < 4.78 is 5.27. The predicted molar refractivity (Wildman–Crippen MR) is 158 cm³/mol. The maximum Gasteiger partial charge on any atom is 0.349 e. The first kappa shape index (κ1) is 26.9. The fourth-order valence-corrected chi connectivity index (χ4v) is 6.30. The molecule has 0 spiro atoms. The average Bonchev–Trinajstić information content (AvgIpc) is 2.99. The highest BCUT2D eigenvalue weighted by Gasteiger charge is 2.32. The van der Waals surface area contributed by atoms with Crippen molar-refractivity contribution in [3.05, 3.63) is 113 Å². The molecule has 0 amide bonds. The Morgan fingerprint density at radius 3 is 2.40 bits per heavy atom. The molecule has 1 heterocycles. The summed E-state index contributed by atoms with van der Waals surface area (Å²) in [7, 11) is 0. The Labute approximate surface area is 238 Å². The van der Waals surface area contributed by atoms with E-state index in [9.17, 15) is 15.3 Å². The van der Waals surface area contributed by atoms with E-state index in [1.807, 2.05) is 91.9 Å². The zero-order valence-electron chi connectivity index (χ0n) is 22.3. The number of nitrogens with zero attached hydrogens (tertiary/aromatic N) is 3. The lowest BCUT2D eigenvalue weighted by Gasteiger charge is -2.28. The highest BCUT2D eigenvalue weighted by atomic mass is 32.2. The molecule has 6 heteroatoms. The van der Waals surface area contributed by atoms with Crippen LogP contribution < -0.4 is 0 Å². The lowest BCUT2D eigenvalue weighted by molar-refractivity contribution is -0.137. The second kappa shape index (κ2) is 12.0. The monoisotopic (exact) mass is 541 g/mol. The number of carbonyl (C=O) groups excluding carboxylic acids is 1. The van der Waals surface area contributed by atoms with Gasteiger partial charge in [0.25, 0.3) is 0 Å². The van der Waals surface area contributed by atoms with Crippen molar-refractivity contribution >= 4 is 23.3 Å². The van der Waals surface area contributed by atoms with Gasteiger partial charge in [-0.2, -0.15) is 10.5 Å². The van der Waals surface area contributed by atoms with E-state index in [0.717, 1.165) is 45.5 Å². The predicted octanol–water partition coefficient (Wildman–Crippen LogP) is 7.54. The second-order valence-electron chi connectivity index (χ2n) is 9.50. The number of fused-ring (bicyclic) bond motifs is 1. The van der Waals surface area contributed by atoms with Crippen LogP contribution in [-0.4, -0.2) is 22.8 Å². The molecule has 1 aliphatic carbocycles. The molecule has 5 rings (SSSR count). The van der Waals surface area contributed by atoms with Crippen LogP contribution in [0.4, 0.5) is 0 Å². The number of thioether (sulfide) groups is 1. The van der Waals surface area contributed by atoms with Gasteiger partial charge < -0.3 is 4.74 Å². The third kappa shape index (κ3) is 5.41. The molecule has 3 aromatic carbocycles. The highest BCUT2D eigenvalue weighted by molar-refractivity contribution is 8.00. The number of aromatic nitrogens is 1. The van der Waals surface area contributed by atoms with E-state index in [-0.39, 0.29) is 17.4 Å². The zero-order valence-corrected chi connectivity index (χ0v) is 23.2. The van der Waals surface area contributed by atoms with E-state index in [4.69, 9.17) is 9.72 Å². The Morgan fingerprint density at radius 2 is 1.70 bits per heavy atom. The lowest BCUT2D eigenvalue weighted by Crippen LogP contribution is -2.20. The molecular formula is C34H27N3O2S. The van der Waals surface area contributed by atoms with Gasteiger partial charge in [0.05, 0.1) is 17.9 Å². The molecule has 4 aromatic rings. The van der Waals surface area contributed by atoms with Crippen molar-refractivity contribution in [1.29, 1.82) is 10.5 Å². The maximum atomic E-state index is 12.9. The summed E-state index contributed by atoms with van der Waals surface area (Å²) in [6, 6.07) is 32.3. The van der Waals surface area contributed by atoms with Crippen LogP contribution in [0.1, 0.15) is 35.6 Å². The molecule has 1 aromatic heterocycles. The second-order valence-corrected chi connectivity index (χ2v) is 10.7. The van der Waals surface area contributed by atoms with Gasteiger partial charge in [0.2, 0.25) is 0 Å². The number of benzene rings is 3. The number of esters is 1. The maximum absolute atomic E-state index is 12.9. The smallest absolute Gasteiger partial charge is 0.349 e. The topological polar surface area (TPSA) is 86.8 Å². The Balaban J connectivity index is 1.70. The van der Waals surface area contributed by atoms with Crippen molar-refractivity contribution in [3.8, 4) is 34.5 Å². The first-order chi connectivity index (χ1) is 19.5. The summed E-state index contributed by atoms with van der Waals surface area (Å²) in [6.45, 7) is 3.94. The van der Waals surface area contributed by atoms with Gasteiger partial charge in [-0.3, -0.25) is 0 Å². The van der Waals surface area contributed by atoms with Crippen molar-refractivity contribution in [3.63, 3.8) is 0 Å². The Kier molecular flexibility index (Phi) is 8.10. The zero-order chi connectivity index (χ0) is 28.1. The van der Waals surface area contributed by atoms with Gasteiger partial charge in [-0.1, -0.05) is 96.2 Å². The number of aryl methyl sites for hydroxylation is 2. The highest BCUT2D eigenvalue weighted by Crippen LogP contribution is 2.45. The van der Waals surface area contributed by atoms with E-state index in [0.29, 0.717) is 22.6 Å². The minimum atomic E-state index is -0.630. The Hall–Kier alpha value is -4.65. The number of hydrogen-bond donors (Lipinski definition) is 0. The number of nitriles is 2. The van der Waals surface area contributed by atoms with Crippen LogP contribution in [0.15, 0.2) is 95.5 Å². The average molecular weight is 542 g/mol. The van der Waals surface area contributed by atoms with Crippen LogP contribution in [0.2, 0.25) is 0 Å². The van der Waals surface area contributed by atoms with Crippen molar-refractivity contribution in [1.82, 2.24) is 4.98 Å². The Morgan fingerprint density at radius 1 is 0.975 bits per heavy atom. The van der Waals surface area contributed by atoms with Crippen LogP contribution in [0.5, 0.6) is 0 Å². The van der Waals surface area contributed by atoms with E-state index < -0.39 is 5.97 Å². The SMILES string of the molecule is CCOC(=O)C(C#N)=C1c2ccccc2CCC1Sc1nc(-c2ccc(C)cc2)cc(-c2ccccc2)c1C#N. The van der Waals surface area contributed by atoms with Crippen LogP contribution in [0, 0.1) is 29.6 Å². The normalized spacial score (nSPS) is 15.3. The third-order valence-electron chi connectivity index (χ3n) is 6.95. The quantitative estimate of drug-likeness (QED) is 0.142. The van der Waals surface area contributed by atoms with Crippen LogP contribution in [0.3, 0.4) is 0 Å². The van der Waals surface area contributed by atoms with Gasteiger partial charge in [0.15, 0.2) is 0 Å². The fraction of sp³-hybridized carbons (Fsp3) is 0.176. The van der Waals surface area contributed by atoms with Gasteiger partial charge >= 0.3 is 5.97 Å². The molecule has 1 atom stereocenters. The molecule has 1 unspecified atom stereocenters. The standard InChI is InChI=1S/C34H27N3O2S/c1-3-39-34(38)29(21-36)32-26-12-8-7-11-24(26)17-18-31(32)40-33-28(20-35)27(23-9-5-4-6-10-23)19-30(37-33)25-15-13-22(2)14-16-25/h4-16,19,31H,3,17-18H2,1-2H3. The minimum absolute atomic E-state index is 0.00276. The van der Waals surface area contributed by atoms with E-state index in [1.54, 1.807) is 6.92 Å². The molecule has 0 saturated carbocycles. The van der Waals surface area contributed by atoms with Crippen LogP contribution >= 0.6 is 11.8 Å². The molecule has 0 bridgehead atoms. The summed E-state index contributed by atoms with van der Waals surface area (Å²) in [4.78, 5) is 17.9. The van der Waals surface area contributed by atoms with Crippen molar-refractivity contribution in [2.24, 2.45) is 0 Å². The molecule has 0 N–H and O–H groups in total. The molecule has 0 aliphatic heterocycles. The molecule has 196 valence electrons. The van der Waals surface area contributed by atoms with Crippen LogP contribution in [0.25, 0.3) is 28.0 Å². The number of pyridine rings is 1. The molecule has 40 heavy (non-hydrogen) atoms. The van der Waals surface area contributed by atoms with E-state index in [1.165, 1.54) is 11.8 Å². The van der Waals surface area contributed by atoms with Crippen LogP contribution in [-0.2, 0) is 16.0 Å². The molecule has 0 saturated heterocycles. The number of hydrogen-bond acceptors (Lipinski definition) is 6. The van der Waals surface area contributed by atoms with Crippen molar-refractivity contribution in [2.75, 3.05) is 6.61 Å². The fourth-order valence-electron chi connectivity index (χ4n) is 5.01.